The number of carbonyl (C=O) groups is 1. The second-order valence-corrected chi connectivity index (χ2v) is 6.91. The highest BCUT2D eigenvalue weighted by Gasteiger charge is 2.24. The Balaban J connectivity index is 1.78. The summed E-state index contributed by atoms with van der Waals surface area (Å²) >= 11 is 3.43. The lowest BCUT2D eigenvalue weighted by molar-refractivity contribution is 0.0919. The molecule has 122 valence electrons. The van der Waals surface area contributed by atoms with Crippen molar-refractivity contribution in [1.29, 1.82) is 0 Å². The van der Waals surface area contributed by atoms with Gasteiger partial charge in [-0.2, -0.15) is 5.10 Å². The Labute approximate surface area is 144 Å². The van der Waals surface area contributed by atoms with E-state index in [4.69, 9.17) is 0 Å². The van der Waals surface area contributed by atoms with Gasteiger partial charge in [0.1, 0.15) is 0 Å². The predicted octanol–water partition coefficient (Wildman–Crippen LogP) is 2.81. The van der Waals surface area contributed by atoms with E-state index in [1.807, 2.05) is 31.2 Å². The summed E-state index contributed by atoms with van der Waals surface area (Å²) < 4.78 is 2.81. The van der Waals surface area contributed by atoms with Gasteiger partial charge < -0.3 is 10.6 Å². The fourth-order valence-electron chi connectivity index (χ4n) is 2.96. The number of amides is 1. The average molecular weight is 377 g/mol. The van der Waals surface area contributed by atoms with E-state index in [2.05, 4.69) is 38.6 Å². The minimum atomic E-state index is -0.0496. The molecule has 2 unspecified atom stereocenters. The Bertz CT molecular complexity index is 695. The van der Waals surface area contributed by atoms with Crippen molar-refractivity contribution in [3.63, 3.8) is 0 Å². The molecule has 1 saturated heterocycles. The van der Waals surface area contributed by atoms with Crippen LogP contribution in [0.2, 0.25) is 0 Å². The molecule has 2 N–H and O–H groups in total. The highest BCUT2D eigenvalue weighted by atomic mass is 79.9. The molecule has 1 fully saturated rings. The van der Waals surface area contributed by atoms with E-state index in [0.29, 0.717) is 11.6 Å². The minimum Gasteiger partial charge on any atom is -0.348 e. The molecule has 3 rings (SSSR count). The minimum absolute atomic E-state index is 0.0496. The number of nitrogens with zero attached hydrogens (tertiary/aromatic N) is 2. The van der Waals surface area contributed by atoms with Crippen LogP contribution in [0, 0.1) is 6.92 Å². The quantitative estimate of drug-likeness (QED) is 0.865. The smallest absolute Gasteiger partial charge is 0.255 e. The topological polar surface area (TPSA) is 59.0 Å². The van der Waals surface area contributed by atoms with E-state index in [1.165, 1.54) is 0 Å². The Morgan fingerprint density at radius 3 is 2.83 bits per heavy atom. The molecule has 0 radical (unpaired) electrons. The predicted molar refractivity (Wildman–Crippen MR) is 94.0 cm³/mol. The van der Waals surface area contributed by atoms with Crippen molar-refractivity contribution < 1.29 is 4.79 Å². The van der Waals surface area contributed by atoms with E-state index in [9.17, 15) is 4.79 Å². The molecule has 2 aromatic rings. The number of benzene rings is 1. The molecule has 5 nitrogen and oxygen atoms in total. The second-order valence-electron chi connectivity index (χ2n) is 6.00. The van der Waals surface area contributed by atoms with Crippen molar-refractivity contribution in [1.82, 2.24) is 20.4 Å². The third-order valence-electron chi connectivity index (χ3n) is 4.40. The number of hydrogen-bond donors (Lipinski definition) is 2. The van der Waals surface area contributed by atoms with Crippen LogP contribution in [0.15, 0.2) is 34.9 Å². The van der Waals surface area contributed by atoms with Crippen LogP contribution in [0.25, 0.3) is 5.69 Å². The van der Waals surface area contributed by atoms with Crippen LogP contribution < -0.4 is 10.6 Å². The lowest BCUT2D eigenvalue weighted by Crippen LogP contribution is -2.51. The molecule has 2 heterocycles. The van der Waals surface area contributed by atoms with E-state index in [0.717, 1.165) is 35.2 Å². The maximum absolute atomic E-state index is 12.6. The summed E-state index contributed by atoms with van der Waals surface area (Å²) in [7, 11) is 0. The number of piperidine rings is 1. The molecule has 0 bridgehead atoms. The maximum Gasteiger partial charge on any atom is 0.255 e. The molecule has 1 aliphatic rings. The van der Waals surface area contributed by atoms with Gasteiger partial charge >= 0.3 is 0 Å². The van der Waals surface area contributed by atoms with Crippen LogP contribution in [0.3, 0.4) is 0 Å². The van der Waals surface area contributed by atoms with Crippen molar-refractivity contribution in [2.24, 2.45) is 0 Å². The molecule has 23 heavy (non-hydrogen) atoms. The molecule has 0 aliphatic carbocycles. The Morgan fingerprint density at radius 1 is 1.39 bits per heavy atom. The molecule has 0 spiro atoms. The molecule has 1 amide bonds. The van der Waals surface area contributed by atoms with Gasteiger partial charge in [0.15, 0.2) is 0 Å². The van der Waals surface area contributed by atoms with Crippen LogP contribution in [0.4, 0.5) is 0 Å². The van der Waals surface area contributed by atoms with Crippen molar-refractivity contribution in [3.8, 4) is 5.69 Å². The standard InChI is InChI=1S/C17H21BrN4O/c1-11-16(4-3-9-19-11)21-17(23)15-10-20-22(12(15)2)14-7-5-13(18)6-8-14/h5-8,10-11,16,19H,3-4,9H2,1-2H3,(H,21,23). The first-order chi connectivity index (χ1) is 11.1. The fraction of sp³-hybridized carbons (Fsp3) is 0.412. The van der Waals surface area contributed by atoms with Gasteiger partial charge in [-0.25, -0.2) is 4.68 Å². The second kappa shape index (κ2) is 6.84. The molecule has 2 atom stereocenters. The first-order valence-corrected chi connectivity index (χ1v) is 8.70. The van der Waals surface area contributed by atoms with E-state index < -0.39 is 0 Å². The third-order valence-corrected chi connectivity index (χ3v) is 4.93. The van der Waals surface area contributed by atoms with Crippen molar-refractivity contribution in [2.75, 3.05) is 6.54 Å². The fourth-order valence-corrected chi connectivity index (χ4v) is 3.23. The molecule has 0 saturated carbocycles. The highest BCUT2D eigenvalue weighted by Crippen LogP contribution is 2.18. The van der Waals surface area contributed by atoms with E-state index in [-0.39, 0.29) is 11.9 Å². The lowest BCUT2D eigenvalue weighted by Gasteiger charge is -2.30. The summed E-state index contributed by atoms with van der Waals surface area (Å²) in [6.07, 6.45) is 3.75. The summed E-state index contributed by atoms with van der Waals surface area (Å²) in [6.45, 7) is 5.06. The van der Waals surface area contributed by atoms with E-state index in [1.54, 1.807) is 10.9 Å². The van der Waals surface area contributed by atoms with Gasteiger partial charge in [-0.15, -0.1) is 0 Å². The molecule has 1 aliphatic heterocycles. The summed E-state index contributed by atoms with van der Waals surface area (Å²) in [5.74, 6) is -0.0496. The monoisotopic (exact) mass is 376 g/mol. The normalized spacial score (nSPS) is 21.2. The molecular formula is C17H21BrN4O. The molecule has 1 aromatic heterocycles. The van der Waals surface area contributed by atoms with Gasteiger partial charge in [-0.3, -0.25) is 4.79 Å². The van der Waals surface area contributed by atoms with Crippen molar-refractivity contribution in [3.05, 3.63) is 46.2 Å². The summed E-state index contributed by atoms with van der Waals surface area (Å²) in [5.41, 5.74) is 2.42. The maximum atomic E-state index is 12.6. The van der Waals surface area contributed by atoms with Crippen molar-refractivity contribution in [2.45, 2.75) is 38.8 Å². The van der Waals surface area contributed by atoms with Crippen LogP contribution in [0.1, 0.15) is 35.8 Å². The Hall–Kier alpha value is -1.66. The van der Waals surface area contributed by atoms with Gasteiger partial charge in [0.2, 0.25) is 0 Å². The zero-order valence-corrected chi connectivity index (χ0v) is 14.9. The molecule has 1 aromatic carbocycles. The number of halogens is 1. The number of aromatic nitrogens is 2. The van der Waals surface area contributed by atoms with Gasteiger partial charge in [0.05, 0.1) is 23.1 Å². The van der Waals surface area contributed by atoms with E-state index >= 15 is 0 Å². The van der Waals surface area contributed by atoms with Crippen LogP contribution in [0.5, 0.6) is 0 Å². The average Bonchev–Trinajstić information content (AvgIpc) is 2.92. The van der Waals surface area contributed by atoms with Crippen molar-refractivity contribution >= 4 is 21.8 Å². The third kappa shape index (κ3) is 3.48. The lowest BCUT2D eigenvalue weighted by atomic mass is 9.99. The summed E-state index contributed by atoms with van der Waals surface area (Å²) in [6, 6.07) is 8.34. The molecular weight excluding hydrogens is 356 g/mol. The number of hydrogen-bond acceptors (Lipinski definition) is 3. The van der Waals surface area contributed by atoms with Crippen LogP contribution in [-0.4, -0.2) is 34.3 Å². The largest absolute Gasteiger partial charge is 0.348 e. The molecule has 6 heteroatoms. The number of nitrogens with one attached hydrogen (secondary N) is 2. The first kappa shape index (κ1) is 16.2. The summed E-state index contributed by atoms with van der Waals surface area (Å²) in [5, 5.41) is 10.9. The first-order valence-electron chi connectivity index (χ1n) is 7.91. The van der Waals surface area contributed by atoms with Gasteiger partial charge in [0, 0.05) is 16.6 Å². The number of carbonyl (C=O) groups excluding carboxylic acids is 1. The van der Waals surface area contributed by atoms with Crippen LogP contribution in [-0.2, 0) is 0 Å². The zero-order chi connectivity index (χ0) is 16.4. The zero-order valence-electron chi connectivity index (χ0n) is 13.3. The van der Waals surface area contributed by atoms with Gasteiger partial charge in [-0.05, 0) is 57.5 Å². The SMILES string of the molecule is Cc1c(C(=O)NC2CCCNC2C)cnn1-c1ccc(Br)cc1. The highest BCUT2D eigenvalue weighted by molar-refractivity contribution is 9.10. The Kier molecular flexibility index (Phi) is 4.82. The van der Waals surface area contributed by atoms with Gasteiger partial charge in [0.25, 0.3) is 5.91 Å². The summed E-state index contributed by atoms with van der Waals surface area (Å²) in [4.78, 5) is 12.6. The van der Waals surface area contributed by atoms with Gasteiger partial charge in [-0.1, -0.05) is 15.9 Å². The number of rotatable bonds is 3. The Morgan fingerprint density at radius 2 is 2.13 bits per heavy atom. The van der Waals surface area contributed by atoms with Crippen LogP contribution >= 0.6 is 15.9 Å².